The minimum absolute atomic E-state index is 0.0417. The first kappa shape index (κ1) is 16.5. The summed E-state index contributed by atoms with van der Waals surface area (Å²) in [7, 11) is 0. The Morgan fingerprint density at radius 3 is 2.67 bits per heavy atom. The van der Waals surface area contributed by atoms with Crippen LogP contribution in [0.15, 0.2) is 82.4 Å². The molecule has 0 bridgehead atoms. The molecule has 0 aliphatic heterocycles. The molecule has 0 aliphatic carbocycles. The standard InChI is InChI=1S/C20H14N4O3/c25-24(26)16-8-6-14(7-9-16)19-11-10-17(27-19)13-22-23-18-5-1-3-15-4-2-12-21-20(15)18/h1-13,23H. The molecule has 0 atom stereocenters. The number of hydrogen-bond acceptors (Lipinski definition) is 6. The number of anilines is 1. The van der Waals surface area contributed by atoms with Gasteiger partial charge in [-0.3, -0.25) is 20.5 Å². The molecule has 0 radical (unpaired) electrons. The summed E-state index contributed by atoms with van der Waals surface area (Å²) in [5.41, 5.74) is 5.41. The first-order valence-corrected chi connectivity index (χ1v) is 8.18. The van der Waals surface area contributed by atoms with Gasteiger partial charge in [-0.2, -0.15) is 5.10 Å². The van der Waals surface area contributed by atoms with Gasteiger partial charge in [-0.1, -0.05) is 18.2 Å². The topological polar surface area (TPSA) is 93.6 Å². The van der Waals surface area contributed by atoms with Gasteiger partial charge in [-0.05, 0) is 36.4 Å². The number of rotatable bonds is 5. The van der Waals surface area contributed by atoms with Gasteiger partial charge in [-0.25, -0.2) is 0 Å². The van der Waals surface area contributed by atoms with Crippen molar-refractivity contribution in [1.29, 1.82) is 0 Å². The summed E-state index contributed by atoms with van der Waals surface area (Å²) in [6, 6.07) is 19.5. The zero-order valence-corrected chi connectivity index (χ0v) is 14.1. The van der Waals surface area contributed by atoms with Gasteiger partial charge >= 0.3 is 0 Å². The highest BCUT2D eigenvalue weighted by molar-refractivity contribution is 5.90. The number of hydrogen-bond donors (Lipinski definition) is 1. The lowest BCUT2D eigenvalue weighted by Crippen LogP contribution is -1.92. The maximum absolute atomic E-state index is 10.7. The van der Waals surface area contributed by atoms with Crippen LogP contribution < -0.4 is 5.43 Å². The van der Waals surface area contributed by atoms with Crippen molar-refractivity contribution in [3.63, 3.8) is 0 Å². The van der Waals surface area contributed by atoms with Crippen molar-refractivity contribution in [3.8, 4) is 11.3 Å². The first-order chi connectivity index (χ1) is 13.2. The van der Waals surface area contributed by atoms with Gasteiger partial charge in [0.25, 0.3) is 5.69 Å². The molecule has 7 nitrogen and oxygen atoms in total. The summed E-state index contributed by atoms with van der Waals surface area (Å²) in [4.78, 5) is 14.7. The van der Waals surface area contributed by atoms with E-state index in [1.807, 2.05) is 30.3 Å². The normalized spacial score (nSPS) is 11.1. The van der Waals surface area contributed by atoms with Crippen molar-refractivity contribution in [2.24, 2.45) is 5.10 Å². The SMILES string of the molecule is O=[N+]([O-])c1ccc(-c2ccc(C=NNc3cccc4cccnc34)o2)cc1. The molecule has 0 saturated carbocycles. The summed E-state index contributed by atoms with van der Waals surface area (Å²) in [5, 5.41) is 16.0. The molecule has 0 spiro atoms. The lowest BCUT2D eigenvalue weighted by Gasteiger charge is -2.03. The number of para-hydroxylation sites is 1. The average Bonchev–Trinajstić information content (AvgIpc) is 3.17. The predicted octanol–water partition coefficient (Wildman–Crippen LogP) is 4.85. The number of non-ortho nitro benzene ring substituents is 1. The molecule has 4 rings (SSSR count). The lowest BCUT2D eigenvalue weighted by molar-refractivity contribution is -0.384. The fraction of sp³-hybridized carbons (Fsp3) is 0. The zero-order chi connectivity index (χ0) is 18.6. The van der Waals surface area contributed by atoms with Crippen LogP contribution in [-0.4, -0.2) is 16.1 Å². The van der Waals surface area contributed by atoms with Crippen LogP contribution in [-0.2, 0) is 0 Å². The van der Waals surface area contributed by atoms with E-state index < -0.39 is 4.92 Å². The van der Waals surface area contributed by atoms with E-state index in [0.29, 0.717) is 11.5 Å². The van der Waals surface area contributed by atoms with Crippen molar-refractivity contribution in [1.82, 2.24) is 4.98 Å². The number of fused-ring (bicyclic) bond motifs is 1. The van der Waals surface area contributed by atoms with Crippen molar-refractivity contribution >= 4 is 28.5 Å². The summed E-state index contributed by atoms with van der Waals surface area (Å²) in [6.07, 6.45) is 3.30. The highest BCUT2D eigenvalue weighted by atomic mass is 16.6. The smallest absolute Gasteiger partial charge is 0.269 e. The molecule has 0 aliphatic rings. The molecule has 7 heteroatoms. The number of nitrogens with zero attached hydrogens (tertiary/aromatic N) is 3. The van der Waals surface area contributed by atoms with Gasteiger partial charge in [0.05, 0.1) is 22.3 Å². The van der Waals surface area contributed by atoms with E-state index in [-0.39, 0.29) is 5.69 Å². The molecule has 27 heavy (non-hydrogen) atoms. The molecule has 0 unspecified atom stereocenters. The van der Waals surface area contributed by atoms with Crippen molar-refractivity contribution < 1.29 is 9.34 Å². The first-order valence-electron chi connectivity index (χ1n) is 8.18. The number of nitro benzene ring substituents is 1. The van der Waals surface area contributed by atoms with Gasteiger partial charge in [0, 0.05) is 29.3 Å². The molecular weight excluding hydrogens is 344 g/mol. The quantitative estimate of drug-likeness (QED) is 0.313. The van der Waals surface area contributed by atoms with E-state index in [2.05, 4.69) is 15.5 Å². The largest absolute Gasteiger partial charge is 0.455 e. The maximum atomic E-state index is 10.7. The second-order valence-electron chi connectivity index (χ2n) is 5.76. The molecule has 2 aromatic heterocycles. The van der Waals surface area contributed by atoms with Crippen molar-refractivity contribution in [2.45, 2.75) is 0 Å². The van der Waals surface area contributed by atoms with E-state index >= 15 is 0 Å². The van der Waals surface area contributed by atoms with Crippen LogP contribution in [0.2, 0.25) is 0 Å². The molecule has 2 heterocycles. The number of benzene rings is 2. The summed E-state index contributed by atoms with van der Waals surface area (Å²) in [5.74, 6) is 1.17. The Kier molecular flexibility index (Phi) is 4.32. The second-order valence-corrected chi connectivity index (χ2v) is 5.76. The third-order valence-corrected chi connectivity index (χ3v) is 4.00. The van der Waals surface area contributed by atoms with Gasteiger partial charge < -0.3 is 4.42 Å². The predicted molar refractivity (Wildman–Crippen MR) is 104 cm³/mol. The van der Waals surface area contributed by atoms with E-state index in [1.165, 1.54) is 12.1 Å². The average molecular weight is 358 g/mol. The van der Waals surface area contributed by atoms with Gasteiger partial charge in [0.15, 0.2) is 0 Å². The fourth-order valence-corrected chi connectivity index (χ4v) is 2.68. The highest BCUT2D eigenvalue weighted by Crippen LogP contribution is 2.24. The minimum atomic E-state index is -0.433. The monoisotopic (exact) mass is 358 g/mol. The second kappa shape index (κ2) is 7.09. The third kappa shape index (κ3) is 3.52. The summed E-state index contributed by atoms with van der Waals surface area (Å²) >= 11 is 0. The number of nitro groups is 1. The van der Waals surface area contributed by atoms with Crippen molar-refractivity contribution in [3.05, 3.63) is 88.8 Å². The van der Waals surface area contributed by atoms with E-state index in [0.717, 1.165) is 22.2 Å². The fourth-order valence-electron chi connectivity index (χ4n) is 2.68. The maximum Gasteiger partial charge on any atom is 0.269 e. The molecule has 0 amide bonds. The minimum Gasteiger partial charge on any atom is -0.455 e. The van der Waals surface area contributed by atoms with Crippen LogP contribution in [0.1, 0.15) is 5.76 Å². The van der Waals surface area contributed by atoms with Crippen LogP contribution in [0, 0.1) is 10.1 Å². The van der Waals surface area contributed by atoms with Crippen molar-refractivity contribution in [2.75, 3.05) is 5.43 Å². The third-order valence-electron chi connectivity index (χ3n) is 4.00. The van der Waals surface area contributed by atoms with E-state index in [9.17, 15) is 10.1 Å². The molecule has 0 fully saturated rings. The lowest BCUT2D eigenvalue weighted by atomic mass is 10.1. The Labute approximate surface area is 154 Å². The number of aromatic nitrogens is 1. The molecule has 1 N–H and O–H groups in total. The van der Waals surface area contributed by atoms with Gasteiger partial charge in [-0.15, -0.1) is 0 Å². The number of pyridine rings is 1. The van der Waals surface area contributed by atoms with E-state index in [1.54, 1.807) is 36.7 Å². The van der Waals surface area contributed by atoms with Gasteiger partial charge in [0.2, 0.25) is 0 Å². The van der Waals surface area contributed by atoms with Crippen LogP contribution in [0.25, 0.3) is 22.2 Å². The molecule has 4 aromatic rings. The number of nitrogens with one attached hydrogen (secondary N) is 1. The van der Waals surface area contributed by atoms with Crippen LogP contribution in [0.3, 0.4) is 0 Å². The van der Waals surface area contributed by atoms with Gasteiger partial charge in [0.1, 0.15) is 11.5 Å². The molecule has 0 saturated heterocycles. The van der Waals surface area contributed by atoms with Crippen LogP contribution in [0.4, 0.5) is 11.4 Å². The Bertz CT molecular complexity index is 1130. The van der Waals surface area contributed by atoms with E-state index in [4.69, 9.17) is 4.42 Å². The van der Waals surface area contributed by atoms with Crippen LogP contribution in [0.5, 0.6) is 0 Å². The summed E-state index contributed by atoms with van der Waals surface area (Å²) < 4.78 is 5.72. The Hall–Kier alpha value is -4.00. The Morgan fingerprint density at radius 2 is 1.85 bits per heavy atom. The number of furan rings is 1. The highest BCUT2D eigenvalue weighted by Gasteiger charge is 2.08. The zero-order valence-electron chi connectivity index (χ0n) is 14.1. The molecular formula is C20H14N4O3. The Balaban J connectivity index is 1.49. The number of hydrazone groups is 1. The van der Waals surface area contributed by atoms with Crippen LogP contribution >= 0.6 is 0 Å². The molecule has 132 valence electrons. The Morgan fingerprint density at radius 1 is 1.04 bits per heavy atom. The summed E-state index contributed by atoms with van der Waals surface area (Å²) in [6.45, 7) is 0. The molecule has 2 aromatic carbocycles.